The molecule has 0 radical (unpaired) electrons. The monoisotopic (exact) mass is 308 g/mol. The number of rotatable bonds is 0. The molecule has 2 unspecified atom stereocenters. The van der Waals surface area contributed by atoms with Crippen LogP contribution in [-0.4, -0.2) is 47.2 Å². The lowest BCUT2D eigenvalue weighted by Crippen LogP contribution is -2.57. The van der Waals surface area contributed by atoms with Crippen LogP contribution in [0.4, 0.5) is 4.79 Å². The first-order valence-electron chi connectivity index (χ1n) is 7.67. The van der Waals surface area contributed by atoms with Crippen LogP contribution in [0.15, 0.2) is 11.4 Å². The molecule has 5 heteroatoms. The van der Waals surface area contributed by atoms with Crippen molar-refractivity contribution in [3.63, 3.8) is 0 Å². The summed E-state index contributed by atoms with van der Waals surface area (Å²) < 4.78 is 5.57. The Morgan fingerprint density at radius 3 is 2.81 bits per heavy atom. The van der Waals surface area contributed by atoms with E-state index in [2.05, 4.69) is 23.3 Å². The predicted octanol–water partition coefficient (Wildman–Crippen LogP) is 3.29. The van der Waals surface area contributed by atoms with Gasteiger partial charge in [0.1, 0.15) is 5.60 Å². The highest BCUT2D eigenvalue weighted by Gasteiger charge is 2.41. The van der Waals surface area contributed by atoms with Crippen LogP contribution < -0.4 is 0 Å². The van der Waals surface area contributed by atoms with Gasteiger partial charge in [-0.3, -0.25) is 4.90 Å². The van der Waals surface area contributed by atoms with Gasteiger partial charge in [-0.05, 0) is 51.1 Å². The molecule has 1 saturated heterocycles. The van der Waals surface area contributed by atoms with E-state index in [0.717, 1.165) is 26.1 Å². The number of fused-ring (bicyclic) bond motifs is 3. The molecule has 0 aliphatic carbocycles. The predicted molar refractivity (Wildman–Crippen MR) is 84.7 cm³/mol. The molecule has 0 N–H and O–H groups in total. The summed E-state index contributed by atoms with van der Waals surface area (Å²) in [6, 6.07) is 2.72. The fourth-order valence-electron chi connectivity index (χ4n) is 3.35. The molecular formula is C16H24N2O2S. The molecular weight excluding hydrogens is 284 g/mol. The molecule has 3 rings (SSSR count). The molecule has 116 valence electrons. The zero-order valence-corrected chi connectivity index (χ0v) is 14.1. The lowest BCUT2D eigenvalue weighted by Gasteiger charge is -2.48. The Balaban J connectivity index is 1.81. The minimum absolute atomic E-state index is 0.159. The molecule has 2 aliphatic heterocycles. The highest BCUT2D eigenvalue weighted by atomic mass is 32.1. The van der Waals surface area contributed by atoms with Gasteiger partial charge in [-0.1, -0.05) is 0 Å². The topological polar surface area (TPSA) is 32.8 Å². The van der Waals surface area contributed by atoms with Crippen molar-refractivity contribution in [3.8, 4) is 0 Å². The van der Waals surface area contributed by atoms with Crippen LogP contribution in [0.2, 0.25) is 0 Å². The fourth-order valence-corrected chi connectivity index (χ4v) is 4.53. The Morgan fingerprint density at radius 2 is 2.10 bits per heavy atom. The summed E-state index contributed by atoms with van der Waals surface area (Å²) in [5.74, 6) is 0. The zero-order chi connectivity index (χ0) is 15.2. The number of ether oxygens (including phenoxy) is 1. The van der Waals surface area contributed by atoms with Gasteiger partial charge in [0.25, 0.3) is 0 Å². The van der Waals surface area contributed by atoms with Crippen LogP contribution >= 0.6 is 11.3 Å². The number of carbonyl (C=O) groups is 1. The third kappa shape index (κ3) is 2.81. The second-order valence-electron chi connectivity index (χ2n) is 6.96. The second kappa shape index (κ2) is 5.29. The quantitative estimate of drug-likeness (QED) is 0.737. The summed E-state index contributed by atoms with van der Waals surface area (Å²) in [4.78, 5) is 18.3. The molecule has 2 atom stereocenters. The number of hydrogen-bond donors (Lipinski definition) is 0. The Morgan fingerprint density at radius 1 is 1.33 bits per heavy atom. The van der Waals surface area contributed by atoms with E-state index in [1.165, 1.54) is 10.4 Å². The molecule has 21 heavy (non-hydrogen) atoms. The van der Waals surface area contributed by atoms with Crippen molar-refractivity contribution in [1.82, 2.24) is 9.80 Å². The van der Waals surface area contributed by atoms with Crippen LogP contribution in [0, 0.1) is 0 Å². The SMILES string of the molecule is CC1C2c3sccc3CCN2CCN1C(=O)OC(C)(C)C. The summed E-state index contributed by atoms with van der Waals surface area (Å²) in [5.41, 5.74) is 1.02. The molecule has 3 heterocycles. The van der Waals surface area contributed by atoms with Gasteiger partial charge in [-0.25, -0.2) is 4.79 Å². The van der Waals surface area contributed by atoms with Crippen molar-refractivity contribution in [3.05, 3.63) is 21.9 Å². The first kappa shape index (κ1) is 14.9. The standard InChI is InChI=1S/C16H24N2O2S/c1-11-13-14-12(6-10-21-14)5-7-17(13)8-9-18(11)15(19)20-16(2,3)4/h6,10-11,13H,5,7-9H2,1-4H3. The summed E-state index contributed by atoms with van der Waals surface area (Å²) in [7, 11) is 0. The normalized spacial score (nSPS) is 26.2. The van der Waals surface area contributed by atoms with E-state index >= 15 is 0 Å². The van der Waals surface area contributed by atoms with Gasteiger partial charge in [0.15, 0.2) is 0 Å². The molecule has 0 saturated carbocycles. The van der Waals surface area contributed by atoms with E-state index in [4.69, 9.17) is 4.74 Å². The third-order valence-corrected chi connectivity index (χ3v) is 5.35. The third-order valence-electron chi connectivity index (χ3n) is 4.32. The molecule has 1 amide bonds. The van der Waals surface area contributed by atoms with Crippen molar-refractivity contribution in [1.29, 1.82) is 0 Å². The minimum atomic E-state index is -0.436. The molecule has 1 fully saturated rings. The van der Waals surface area contributed by atoms with E-state index in [1.54, 1.807) is 0 Å². The van der Waals surface area contributed by atoms with Crippen LogP contribution in [0.5, 0.6) is 0 Å². The van der Waals surface area contributed by atoms with Crippen molar-refractivity contribution in [2.45, 2.75) is 51.8 Å². The van der Waals surface area contributed by atoms with E-state index in [1.807, 2.05) is 37.0 Å². The Hall–Kier alpha value is -1.07. The number of piperazine rings is 1. The average Bonchev–Trinajstić information content (AvgIpc) is 2.84. The van der Waals surface area contributed by atoms with Crippen LogP contribution in [-0.2, 0) is 11.2 Å². The molecule has 1 aromatic heterocycles. The van der Waals surface area contributed by atoms with Gasteiger partial charge >= 0.3 is 6.09 Å². The summed E-state index contributed by atoms with van der Waals surface area (Å²) in [5, 5.41) is 2.17. The summed E-state index contributed by atoms with van der Waals surface area (Å²) >= 11 is 1.82. The highest BCUT2D eigenvalue weighted by molar-refractivity contribution is 7.10. The number of thiophene rings is 1. The average molecular weight is 308 g/mol. The zero-order valence-electron chi connectivity index (χ0n) is 13.3. The van der Waals surface area contributed by atoms with Crippen LogP contribution in [0.25, 0.3) is 0 Å². The highest BCUT2D eigenvalue weighted by Crippen LogP contribution is 2.39. The molecule has 0 bridgehead atoms. The van der Waals surface area contributed by atoms with Gasteiger partial charge in [0.2, 0.25) is 0 Å². The lowest BCUT2D eigenvalue weighted by atomic mass is 9.93. The Labute approximate surface area is 130 Å². The fraction of sp³-hybridized carbons (Fsp3) is 0.688. The first-order valence-corrected chi connectivity index (χ1v) is 8.55. The van der Waals surface area contributed by atoms with Crippen molar-refractivity contribution in [2.24, 2.45) is 0 Å². The molecule has 0 spiro atoms. The van der Waals surface area contributed by atoms with E-state index < -0.39 is 5.60 Å². The number of carbonyl (C=O) groups excluding carboxylic acids is 1. The van der Waals surface area contributed by atoms with Crippen molar-refractivity contribution >= 4 is 17.4 Å². The van der Waals surface area contributed by atoms with Crippen molar-refractivity contribution in [2.75, 3.05) is 19.6 Å². The maximum absolute atomic E-state index is 12.4. The lowest BCUT2D eigenvalue weighted by molar-refractivity contribution is -0.0179. The molecule has 1 aromatic rings. The molecule has 2 aliphatic rings. The Kier molecular flexibility index (Phi) is 3.74. The van der Waals surface area contributed by atoms with E-state index in [9.17, 15) is 4.79 Å². The van der Waals surface area contributed by atoms with Crippen LogP contribution in [0.1, 0.15) is 44.2 Å². The second-order valence-corrected chi connectivity index (χ2v) is 7.90. The smallest absolute Gasteiger partial charge is 0.410 e. The minimum Gasteiger partial charge on any atom is -0.444 e. The summed E-state index contributed by atoms with van der Waals surface area (Å²) in [6.45, 7) is 10.7. The van der Waals surface area contributed by atoms with Crippen molar-refractivity contribution < 1.29 is 9.53 Å². The number of hydrogen-bond acceptors (Lipinski definition) is 4. The first-order chi connectivity index (χ1) is 9.87. The maximum Gasteiger partial charge on any atom is 0.410 e. The van der Waals surface area contributed by atoms with E-state index in [-0.39, 0.29) is 12.1 Å². The summed E-state index contributed by atoms with van der Waals surface area (Å²) in [6.07, 6.45) is 0.951. The molecule has 0 aromatic carbocycles. The van der Waals surface area contributed by atoms with E-state index in [0.29, 0.717) is 6.04 Å². The van der Waals surface area contributed by atoms with Gasteiger partial charge in [0.05, 0.1) is 12.1 Å². The van der Waals surface area contributed by atoms with Gasteiger partial charge in [0, 0.05) is 24.5 Å². The number of amides is 1. The van der Waals surface area contributed by atoms with Gasteiger partial charge in [-0.2, -0.15) is 0 Å². The Bertz CT molecular complexity index is 535. The molecule has 4 nitrogen and oxygen atoms in total. The van der Waals surface area contributed by atoms with Gasteiger partial charge in [-0.15, -0.1) is 11.3 Å². The maximum atomic E-state index is 12.4. The van der Waals surface area contributed by atoms with Gasteiger partial charge < -0.3 is 9.64 Å². The number of nitrogens with zero attached hydrogens (tertiary/aromatic N) is 2. The largest absolute Gasteiger partial charge is 0.444 e. The van der Waals surface area contributed by atoms with Crippen LogP contribution in [0.3, 0.4) is 0 Å².